The summed E-state index contributed by atoms with van der Waals surface area (Å²) in [5.41, 5.74) is 1.60. The van der Waals surface area contributed by atoms with Crippen molar-refractivity contribution in [3.63, 3.8) is 0 Å². The smallest absolute Gasteiger partial charge is 0.303 e. The molecule has 108 valence electrons. The monoisotopic (exact) mass is 278 g/mol. The van der Waals surface area contributed by atoms with Crippen LogP contribution in [0.1, 0.15) is 24.8 Å². The average molecular weight is 278 g/mol. The Bertz CT molecular complexity index is 530. The predicted octanol–water partition coefficient (Wildman–Crippen LogP) is 2.59. The average Bonchev–Trinajstić information content (AvgIpc) is 2.38. The van der Waals surface area contributed by atoms with E-state index in [0.717, 1.165) is 25.1 Å². The highest BCUT2D eigenvalue weighted by Crippen LogP contribution is 2.31. The van der Waals surface area contributed by atoms with Gasteiger partial charge in [-0.2, -0.15) is 0 Å². The molecule has 1 aromatic carbocycles. The van der Waals surface area contributed by atoms with Crippen molar-refractivity contribution in [1.29, 1.82) is 0 Å². The molecule has 1 atom stereocenters. The topological polar surface area (TPSA) is 83.7 Å². The van der Waals surface area contributed by atoms with Crippen molar-refractivity contribution in [3.8, 4) is 0 Å². The number of nitro benzene ring substituents is 1. The second-order valence-electron chi connectivity index (χ2n) is 5.23. The van der Waals surface area contributed by atoms with Gasteiger partial charge in [0, 0.05) is 31.3 Å². The molecular weight excluding hydrogens is 260 g/mol. The van der Waals surface area contributed by atoms with Gasteiger partial charge in [0.25, 0.3) is 5.69 Å². The Kier molecular flexibility index (Phi) is 4.22. The van der Waals surface area contributed by atoms with Crippen molar-refractivity contribution < 1.29 is 14.8 Å². The van der Waals surface area contributed by atoms with Crippen molar-refractivity contribution in [2.24, 2.45) is 5.92 Å². The van der Waals surface area contributed by atoms with Gasteiger partial charge in [-0.15, -0.1) is 0 Å². The van der Waals surface area contributed by atoms with Crippen molar-refractivity contribution >= 4 is 17.3 Å². The van der Waals surface area contributed by atoms with Crippen LogP contribution in [0.4, 0.5) is 11.4 Å². The van der Waals surface area contributed by atoms with Gasteiger partial charge in [-0.25, -0.2) is 0 Å². The Morgan fingerprint density at radius 3 is 2.95 bits per heavy atom. The second kappa shape index (κ2) is 5.90. The van der Waals surface area contributed by atoms with E-state index in [1.165, 1.54) is 6.07 Å². The van der Waals surface area contributed by atoms with Crippen LogP contribution in [0.3, 0.4) is 0 Å². The first-order valence-electron chi connectivity index (χ1n) is 6.69. The maximum atomic E-state index is 11.0. The Morgan fingerprint density at radius 1 is 1.55 bits per heavy atom. The summed E-state index contributed by atoms with van der Waals surface area (Å²) < 4.78 is 0. The molecule has 6 nitrogen and oxygen atoms in total. The van der Waals surface area contributed by atoms with Crippen LogP contribution < -0.4 is 4.90 Å². The summed E-state index contributed by atoms with van der Waals surface area (Å²) in [6, 6.07) is 5.05. The van der Waals surface area contributed by atoms with Crippen molar-refractivity contribution in [1.82, 2.24) is 0 Å². The molecule has 1 aliphatic heterocycles. The number of hydrogen-bond acceptors (Lipinski definition) is 4. The number of carboxylic acids is 1. The fourth-order valence-electron chi connectivity index (χ4n) is 2.85. The van der Waals surface area contributed by atoms with E-state index in [1.807, 2.05) is 6.07 Å². The highest BCUT2D eigenvalue weighted by Gasteiger charge is 2.25. The minimum Gasteiger partial charge on any atom is -0.481 e. The molecule has 1 N–H and O–H groups in total. The number of carbonyl (C=O) groups is 1. The summed E-state index contributed by atoms with van der Waals surface area (Å²) in [4.78, 5) is 23.5. The summed E-state index contributed by atoms with van der Waals surface area (Å²) >= 11 is 0. The predicted molar refractivity (Wildman–Crippen MR) is 75.0 cm³/mol. The van der Waals surface area contributed by atoms with E-state index in [-0.39, 0.29) is 22.9 Å². The van der Waals surface area contributed by atoms with Crippen LogP contribution in [0.15, 0.2) is 18.2 Å². The molecule has 20 heavy (non-hydrogen) atoms. The number of hydrogen-bond donors (Lipinski definition) is 1. The van der Waals surface area contributed by atoms with Gasteiger partial charge in [0.15, 0.2) is 0 Å². The third-order valence-electron chi connectivity index (χ3n) is 3.80. The lowest BCUT2D eigenvalue weighted by molar-refractivity contribution is -0.385. The number of carboxylic acid groups (broad SMARTS) is 1. The third-order valence-corrected chi connectivity index (χ3v) is 3.80. The highest BCUT2D eigenvalue weighted by molar-refractivity contribution is 5.67. The molecule has 1 aliphatic rings. The van der Waals surface area contributed by atoms with E-state index in [9.17, 15) is 14.9 Å². The minimum atomic E-state index is -0.785. The lowest BCUT2D eigenvalue weighted by Crippen LogP contribution is -2.36. The molecule has 1 aromatic rings. The van der Waals surface area contributed by atoms with Crippen LogP contribution >= 0.6 is 0 Å². The number of nitrogens with zero attached hydrogens (tertiary/aromatic N) is 2. The number of benzene rings is 1. The number of aliphatic carboxylic acids is 1. The summed E-state index contributed by atoms with van der Waals surface area (Å²) in [5.74, 6) is -0.674. The first kappa shape index (κ1) is 14.3. The lowest BCUT2D eigenvalue weighted by Gasteiger charge is -2.34. The van der Waals surface area contributed by atoms with E-state index in [0.29, 0.717) is 12.1 Å². The fourth-order valence-corrected chi connectivity index (χ4v) is 2.85. The quantitative estimate of drug-likeness (QED) is 0.676. The third kappa shape index (κ3) is 3.07. The van der Waals surface area contributed by atoms with E-state index < -0.39 is 5.97 Å². The van der Waals surface area contributed by atoms with Crippen LogP contribution in [-0.2, 0) is 4.79 Å². The number of rotatable bonds is 4. The largest absolute Gasteiger partial charge is 0.481 e. The first-order valence-corrected chi connectivity index (χ1v) is 6.69. The second-order valence-corrected chi connectivity index (χ2v) is 5.23. The van der Waals surface area contributed by atoms with Gasteiger partial charge in [-0.1, -0.05) is 6.07 Å². The zero-order valence-electron chi connectivity index (χ0n) is 11.4. The summed E-state index contributed by atoms with van der Waals surface area (Å²) in [6.45, 7) is 3.21. The van der Waals surface area contributed by atoms with Crippen LogP contribution in [0.25, 0.3) is 0 Å². The molecule has 0 spiro atoms. The molecule has 0 amide bonds. The zero-order chi connectivity index (χ0) is 14.7. The first-order chi connectivity index (χ1) is 9.49. The van der Waals surface area contributed by atoms with Gasteiger partial charge < -0.3 is 10.0 Å². The van der Waals surface area contributed by atoms with Gasteiger partial charge in [-0.3, -0.25) is 14.9 Å². The molecule has 6 heteroatoms. The highest BCUT2D eigenvalue weighted by atomic mass is 16.6. The summed E-state index contributed by atoms with van der Waals surface area (Å²) in [5, 5.41) is 19.9. The molecule has 1 heterocycles. The zero-order valence-corrected chi connectivity index (χ0v) is 11.4. The number of anilines is 1. The Hall–Kier alpha value is -2.11. The van der Waals surface area contributed by atoms with Crippen LogP contribution in [0.2, 0.25) is 0 Å². The fraction of sp³-hybridized carbons (Fsp3) is 0.500. The molecule has 0 saturated carbocycles. The van der Waals surface area contributed by atoms with Crippen molar-refractivity contribution in [2.75, 3.05) is 18.0 Å². The molecule has 0 radical (unpaired) electrons. The lowest BCUT2D eigenvalue weighted by atomic mass is 9.94. The normalized spacial score (nSPS) is 18.9. The van der Waals surface area contributed by atoms with Crippen LogP contribution in [-0.4, -0.2) is 29.1 Å². The number of nitro groups is 1. The standard InChI is InChI=1S/C14H18N2O4/c1-10-12(5-2-6-13(10)16(19)20)15-7-3-4-11(9-15)8-14(17)18/h2,5-6,11H,3-4,7-9H2,1H3,(H,17,18). The van der Waals surface area contributed by atoms with Crippen molar-refractivity contribution in [3.05, 3.63) is 33.9 Å². The molecule has 1 saturated heterocycles. The Balaban J connectivity index is 2.21. The van der Waals surface area contributed by atoms with Crippen LogP contribution in [0, 0.1) is 23.0 Å². The van der Waals surface area contributed by atoms with E-state index >= 15 is 0 Å². The maximum absolute atomic E-state index is 11.0. The minimum absolute atomic E-state index is 0.111. The maximum Gasteiger partial charge on any atom is 0.303 e. The molecule has 0 bridgehead atoms. The summed E-state index contributed by atoms with van der Waals surface area (Å²) in [6.07, 6.45) is 1.97. The van der Waals surface area contributed by atoms with Crippen molar-refractivity contribution in [2.45, 2.75) is 26.2 Å². The SMILES string of the molecule is Cc1c(N2CCCC(CC(=O)O)C2)cccc1[N+](=O)[O-]. The van der Waals surface area contributed by atoms with E-state index in [2.05, 4.69) is 4.90 Å². The molecule has 0 aromatic heterocycles. The molecule has 1 fully saturated rings. The Labute approximate surface area is 117 Å². The van der Waals surface area contributed by atoms with Gasteiger partial charge in [0.2, 0.25) is 0 Å². The van der Waals surface area contributed by atoms with Gasteiger partial charge in [0.1, 0.15) is 0 Å². The Morgan fingerprint density at radius 2 is 2.30 bits per heavy atom. The van der Waals surface area contributed by atoms with Crippen LogP contribution in [0.5, 0.6) is 0 Å². The van der Waals surface area contributed by atoms with Gasteiger partial charge >= 0.3 is 5.97 Å². The molecule has 1 unspecified atom stereocenters. The number of piperidine rings is 1. The molecular formula is C14H18N2O4. The van der Waals surface area contributed by atoms with Gasteiger partial charge in [0.05, 0.1) is 10.5 Å². The summed E-state index contributed by atoms with van der Waals surface area (Å²) in [7, 11) is 0. The molecule has 0 aliphatic carbocycles. The van der Waals surface area contributed by atoms with E-state index in [1.54, 1.807) is 13.0 Å². The van der Waals surface area contributed by atoms with E-state index in [4.69, 9.17) is 5.11 Å². The van der Waals surface area contributed by atoms with Gasteiger partial charge in [-0.05, 0) is 31.7 Å². The molecule has 2 rings (SSSR count).